The van der Waals surface area contributed by atoms with E-state index in [9.17, 15) is 14.4 Å². The highest BCUT2D eigenvalue weighted by Gasteiger charge is 2.50. The van der Waals surface area contributed by atoms with E-state index in [0.717, 1.165) is 10.9 Å². The van der Waals surface area contributed by atoms with E-state index in [1.807, 2.05) is 42.1 Å². The van der Waals surface area contributed by atoms with Gasteiger partial charge in [0.1, 0.15) is 12.7 Å². The van der Waals surface area contributed by atoms with Gasteiger partial charge in [-0.05, 0) is 42.5 Å². The fourth-order valence-electron chi connectivity index (χ4n) is 5.30. The third kappa shape index (κ3) is 3.35. The molecule has 6 rings (SSSR count). The number of carbonyl (C=O) groups is 3. The van der Waals surface area contributed by atoms with Gasteiger partial charge >= 0.3 is 0 Å². The number of aromatic nitrogens is 1. The minimum absolute atomic E-state index is 0.248. The second kappa shape index (κ2) is 8.41. The first-order valence-corrected chi connectivity index (χ1v) is 11.8. The van der Waals surface area contributed by atoms with Gasteiger partial charge in [-0.1, -0.05) is 18.2 Å². The molecule has 9 heteroatoms. The number of hydrogen-bond acceptors (Lipinski definition) is 5. The summed E-state index contributed by atoms with van der Waals surface area (Å²) in [7, 11) is 4.92. The summed E-state index contributed by atoms with van der Waals surface area (Å²) in [6, 6.07) is 18.0. The molecule has 0 fully saturated rings. The van der Waals surface area contributed by atoms with Gasteiger partial charge in [0, 0.05) is 35.4 Å². The number of ether oxygens (including phenoxy) is 2. The van der Waals surface area contributed by atoms with Crippen LogP contribution in [0.2, 0.25) is 0 Å². The number of carbonyl (C=O) groups excluding carboxylic acids is 3. The molecule has 0 spiro atoms. The zero-order chi connectivity index (χ0) is 25.8. The molecule has 0 bridgehead atoms. The van der Waals surface area contributed by atoms with E-state index in [-0.39, 0.29) is 24.3 Å². The van der Waals surface area contributed by atoms with E-state index in [1.165, 1.54) is 19.1 Å². The Kier molecular flexibility index (Phi) is 5.15. The van der Waals surface area contributed by atoms with Gasteiger partial charge in [0.15, 0.2) is 11.5 Å². The molecule has 0 aliphatic carbocycles. The third-order valence-electron chi connectivity index (χ3n) is 6.97. The minimum atomic E-state index is -0.799. The molecule has 4 aromatic rings. The van der Waals surface area contributed by atoms with Gasteiger partial charge in [-0.25, -0.2) is 0 Å². The van der Waals surface area contributed by atoms with Crippen molar-refractivity contribution in [2.24, 2.45) is 7.05 Å². The van der Waals surface area contributed by atoms with Crippen LogP contribution in [0.5, 0.6) is 11.5 Å². The molecule has 0 saturated heterocycles. The van der Waals surface area contributed by atoms with Gasteiger partial charge in [0.2, 0.25) is 5.91 Å². The number of methoxy groups -OCH3 is 2. The van der Waals surface area contributed by atoms with Crippen molar-refractivity contribution in [2.75, 3.05) is 31.0 Å². The zero-order valence-corrected chi connectivity index (χ0v) is 20.5. The molecule has 37 heavy (non-hydrogen) atoms. The van der Waals surface area contributed by atoms with Crippen LogP contribution in [0.4, 0.5) is 11.4 Å². The monoisotopic (exact) mass is 496 g/mol. The molecule has 3 aromatic carbocycles. The highest BCUT2D eigenvalue weighted by Crippen LogP contribution is 2.49. The predicted octanol–water partition coefficient (Wildman–Crippen LogP) is 3.95. The van der Waals surface area contributed by atoms with Gasteiger partial charge in [0.05, 0.1) is 31.0 Å². The van der Waals surface area contributed by atoms with Crippen LogP contribution >= 0.6 is 0 Å². The number of fused-ring (bicyclic) bond motifs is 6. The van der Waals surface area contributed by atoms with Crippen LogP contribution in [0.1, 0.15) is 32.4 Å². The van der Waals surface area contributed by atoms with Gasteiger partial charge in [0.25, 0.3) is 11.8 Å². The molecular weight excluding hydrogens is 472 g/mol. The third-order valence-corrected chi connectivity index (χ3v) is 6.97. The van der Waals surface area contributed by atoms with Gasteiger partial charge in [-0.2, -0.15) is 0 Å². The standard InChI is InChI=1S/C28H24N4O5/c1-30-13-12-16-14-17(8-10-20(16)30)29-23(33)15-31-26-19-9-11-22(36-2)25(37-3)24(19)28(35)32(26)21-7-5-4-6-18(21)27(31)34/h4-14,26H,15H2,1-3H3,(H,29,33)/t26-/m1/s1. The summed E-state index contributed by atoms with van der Waals surface area (Å²) in [5, 5.41) is 3.89. The highest BCUT2D eigenvalue weighted by atomic mass is 16.5. The molecule has 1 atom stereocenters. The van der Waals surface area contributed by atoms with Crippen molar-refractivity contribution in [3.63, 3.8) is 0 Å². The number of amides is 3. The topological polar surface area (TPSA) is 93.1 Å². The summed E-state index contributed by atoms with van der Waals surface area (Å²) in [5.41, 5.74) is 3.40. The number of anilines is 2. The average Bonchev–Trinajstić information content (AvgIpc) is 3.42. The lowest BCUT2D eigenvalue weighted by Crippen LogP contribution is -2.50. The van der Waals surface area contributed by atoms with Crippen LogP contribution in [0.3, 0.4) is 0 Å². The molecule has 1 aromatic heterocycles. The van der Waals surface area contributed by atoms with Crippen molar-refractivity contribution in [2.45, 2.75) is 6.17 Å². The van der Waals surface area contributed by atoms with E-state index in [0.29, 0.717) is 39.6 Å². The van der Waals surface area contributed by atoms with Crippen molar-refractivity contribution in [3.8, 4) is 11.5 Å². The molecule has 0 saturated carbocycles. The molecule has 9 nitrogen and oxygen atoms in total. The fraction of sp³-hybridized carbons (Fsp3) is 0.179. The molecular formula is C28H24N4O5. The van der Waals surface area contributed by atoms with Crippen molar-refractivity contribution in [3.05, 3.63) is 83.6 Å². The lowest BCUT2D eigenvalue weighted by atomic mass is 10.0. The molecule has 2 aliphatic rings. The zero-order valence-electron chi connectivity index (χ0n) is 20.5. The number of rotatable bonds is 5. The Hall–Kier alpha value is -4.79. The van der Waals surface area contributed by atoms with E-state index in [2.05, 4.69) is 5.32 Å². The van der Waals surface area contributed by atoms with Crippen LogP contribution in [0, 0.1) is 0 Å². The normalized spacial score (nSPS) is 15.9. The number of para-hydroxylation sites is 1. The summed E-state index contributed by atoms with van der Waals surface area (Å²) in [4.78, 5) is 43.6. The fourth-order valence-corrected chi connectivity index (χ4v) is 5.30. The van der Waals surface area contributed by atoms with Crippen LogP contribution in [0.15, 0.2) is 66.9 Å². The Balaban J connectivity index is 1.39. The quantitative estimate of drug-likeness (QED) is 0.452. The van der Waals surface area contributed by atoms with Crippen molar-refractivity contribution in [1.82, 2.24) is 9.47 Å². The summed E-state index contributed by atoms with van der Waals surface area (Å²) in [5.74, 6) is -0.319. The lowest BCUT2D eigenvalue weighted by Gasteiger charge is -2.40. The van der Waals surface area contributed by atoms with Gasteiger partial charge < -0.3 is 24.3 Å². The van der Waals surface area contributed by atoms with Crippen molar-refractivity contribution < 1.29 is 23.9 Å². The average molecular weight is 497 g/mol. The number of hydrogen-bond donors (Lipinski definition) is 1. The molecule has 0 unspecified atom stereocenters. The number of benzene rings is 3. The lowest BCUT2D eigenvalue weighted by molar-refractivity contribution is -0.117. The SMILES string of the molecule is COc1ccc2c(c1OC)C(=O)N1c3ccccc3C(=O)N(CC(=O)Nc3ccc4c(ccn4C)c3)[C@@H]21. The summed E-state index contributed by atoms with van der Waals surface area (Å²) < 4.78 is 12.9. The maximum Gasteiger partial charge on any atom is 0.264 e. The molecule has 2 aliphatic heterocycles. The van der Waals surface area contributed by atoms with Crippen molar-refractivity contribution in [1.29, 1.82) is 0 Å². The molecule has 1 N–H and O–H groups in total. The van der Waals surface area contributed by atoms with Crippen LogP contribution in [-0.4, -0.2) is 48.0 Å². The van der Waals surface area contributed by atoms with E-state index in [4.69, 9.17) is 9.47 Å². The Morgan fingerprint density at radius 1 is 0.973 bits per heavy atom. The maximum atomic E-state index is 13.7. The largest absolute Gasteiger partial charge is 0.493 e. The Labute approximate surface area is 212 Å². The number of nitrogens with one attached hydrogen (secondary N) is 1. The predicted molar refractivity (Wildman–Crippen MR) is 138 cm³/mol. The molecule has 3 amide bonds. The Bertz CT molecular complexity index is 1610. The summed E-state index contributed by atoms with van der Waals surface area (Å²) in [6.07, 6.45) is 1.15. The first kappa shape index (κ1) is 22.7. The van der Waals surface area contributed by atoms with E-state index in [1.54, 1.807) is 41.3 Å². The van der Waals surface area contributed by atoms with E-state index >= 15 is 0 Å². The van der Waals surface area contributed by atoms with Crippen molar-refractivity contribution >= 4 is 40.0 Å². The van der Waals surface area contributed by atoms with Gasteiger partial charge in [-0.3, -0.25) is 19.3 Å². The molecule has 0 radical (unpaired) electrons. The van der Waals surface area contributed by atoms with Gasteiger partial charge in [-0.15, -0.1) is 0 Å². The number of nitrogens with zero attached hydrogens (tertiary/aromatic N) is 3. The summed E-state index contributed by atoms with van der Waals surface area (Å²) in [6.45, 7) is -0.248. The van der Waals surface area contributed by atoms with Crippen LogP contribution in [0.25, 0.3) is 10.9 Å². The second-order valence-electron chi connectivity index (χ2n) is 9.01. The maximum absolute atomic E-state index is 13.7. The number of aryl methyl sites for hydroxylation is 1. The summed E-state index contributed by atoms with van der Waals surface area (Å²) >= 11 is 0. The van der Waals surface area contributed by atoms with E-state index < -0.39 is 6.17 Å². The van der Waals surface area contributed by atoms with Crippen LogP contribution in [-0.2, 0) is 11.8 Å². The molecule has 3 heterocycles. The Morgan fingerprint density at radius 3 is 2.57 bits per heavy atom. The highest BCUT2D eigenvalue weighted by molar-refractivity contribution is 6.18. The minimum Gasteiger partial charge on any atom is -0.493 e. The molecule has 186 valence electrons. The Morgan fingerprint density at radius 2 is 1.78 bits per heavy atom. The second-order valence-corrected chi connectivity index (χ2v) is 9.01. The first-order chi connectivity index (χ1) is 17.9. The first-order valence-electron chi connectivity index (χ1n) is 11.8. The van der Waals surface area contributed by atoms with Crippen LogP contribution < -0.4 is 19.7 Å². The smallest absolute Gasteiger partial charge is 0.264 e.